The Morgan fingerprint density at radius 3 is 1.47 bits per heavy atom. The molecule has 0 unspecified atom stereocenters. The average Bonchev–Trinajstić information content (AvgIpc) is 2.41. The molecule has 0 aliphatic rings. The monoisotopic (exact) mass is 451 g/mol. The van der Waals surface area contributed by atoms with E-state index >= 15 is 0 Å². The quantitative estimate of drug-likeness (QED) is 0.726. The van der Waals surface area contributed by atoms with Crippen LogP contribution >= 0.6 is 0 Å². The second-order valence-corrected chi connectivity index (χ2v) is 9.16. The topological polar surface area (TPSA) is 37.3 Å². The molecule has 1 radical (unpaired) electrons. The summed E-state index contributed by atoms with van der Waals surface area (Å²) in [6.07, 6.45) is 0. The van der Waals surface area contributed by atoms with Crippen molar-refractivity contribution in [3.8, 4) is 0 Å². The molecule has 0 spiro atoms. The van der Waals surface area contributed by atoms with Gasteiger partial charge in [-0.05, 0) is 0 Å². The van der Waals surface area contributed by atoms with Crippen molar-refractivity contribution in [3.63, 3.8) is 0 Å². The van der Waals surface area contributed by atoms with Gasteiger partial charge >= 0.3 is 96.4 Å². The van der Waals surface area contributed by atoms with Crippen LogP contribution in [0.25, 0.3) is 0 Å². The normalized spacial score (nSPS) is 9.63. The van der Waals surface area contributed by atoms with Gasteiger partial charge in [-0.2, -0.15) is 0 Å². The molecule has 0 amide bonds. The van der Waals surface area contributed by atoms with Gasteiger partial charge in [0.1, 0.15) is 0 Å². The van der Waals surface area contributed by atoms with Crippen LogP contribution < -0.4 is 6.54 Å². The Bertz CT molecular complexity index is 443. The van der Waals surface area contributed by atoms with Crippen LogP contribution in [0.3, 0.4) is 0 Å². The summed E-state index contributed by atoms with van der Waals surface area (Å²) in [4.78, 5) is 9.70. The number of hydrogen-bond acceptors (Lipinski definition) is 1. The molecule has 2 aromatic carbocycles. The van der Waals surface area contributed by atoms with Gasteiger partial charge < -0.3 is 5.11 Å². The third kappa shape index (κ3) is 7.07. The van der Waals surface area contributed by atoms with Crippen molar-refractivity contribution in [1.29, 1.82) is 0 Å². The van der Waals surface area contributed by atoms with Gasteiger partial charge in [0, 0.05) is 0 Å². The molecule has 0 aliphatic heterocycles. The Labute approximate surface area is 126 Å². The van der Waals surface area contributed by atoms with Crippen LogP contribution in [0.1, 0.15) is 13.8 Å². The van der Waals surface area contributed by atoms with Gasteiger partial charge in [0.05, 0.1) is 5.92 Å². The minimum absolute atomic E-state index is 0.231. The van der Waals surface area contributed by atoms with Crippen LogP contribution in [-0.4, -0.2) is 34.3 Å². The molecule has 0 aromatic heterocycles. The Morgan fingerprint density at radius 1 is 0.895 bits per heavy atom. The van der Waals surface area contributed by atoms with Crippen molar-refractivity contribution in [3.05, 3.63) is 60.7 Å². The third-order valence-corrected chi connectivity index (χ3v) is 6.59. The summed E-state index contributed by atoms with van der Waals surface area (Å²) >= 11 is -0.613. The molecule has 0 fully saturated rings. The summed E-state index contributed by atoms with van der Waals surface area (Å²) < 4.78 is 3.10. The van der Waals surface area contributed by atoms with Crippen LogP contribution in [0.2, 0.25) is 0 Å². The van der Waals surface area contributed by atoms with E-state index in [0.717, 1.165) is 0 Å². The molecule has 0 saturated heterocycles. The number of hydrogen-bond donors (Lipinski definition) is 1. The van der Waals surface area contributed by atoms with Crippen molar-refractivity contribution >= 4 is 35.7 Å². The second kappa shape index (κ2) is 8.82. The predicted octanol–water partition coefficient (Wildman–Crippen LogP) is 2.07. The molecule has 0 saturated carbocycles. The summed E-state index contributed by atoms with van der Waals surface area (Å²) in [6, 6.07) is 21.6. The Hall–Kier alpha value is -1.21. The number of carboxylic acids is 1. The van der Waals surface area contributed by atoms with Crippen molar-refractivity contribution in [1.82, 2.24) is 0 Å². The van der Waals surface area contributed by atoms with Crippen LogP contribution in [0, 0.1) is 5.92 Å². The zero-order valence-electron chi connectivity index (χ0n) is 11.2. The molecule has 0 bridgehead atoms. The fourth-order valence-electron chi connectivity index (χ4n) is 1.15. The van der Waals surface area contributed by atoms with Crippen molar-refractivity contribution in [2.24, 2.45) is 5.92 Å². The van der Waals surface area contributed by atoms with Crippen LogP contribution in [-0.2, 0) is 4.79 Å². The van der Waals surface area contributed by atoms with Gasteiger partial charge in [-0.1, -0.05) is 13.8 Å². The first kappa shape index (κ1) is 15.8. The molecule has 0 heterocycles. The molecular formula is C16H18BiO2. The SMILES string of the molecule is CC(C)C(=O)O.c1cc[c]([Bi][c]2ccccc2)cc1. The minimum atomic E-state index is -0.741. The molecule has 19 heavy (non-hydrogen) atoms. The molecular weight excluding hydrogens is 433 g/mol. The van der Waals surface area contributed by atoms with E-state index in [1.54, 1.807) is 20.4 Å². The predicted molar refractivity (Wildman–Crippen MR) is 80.4 cm³/mol. The first-order valence-electron chi connectivity index (χ1n) is 6.14. The third-order valence-electron chi connectivity index (χ3n) is 2.26. The summed E-state index contributed by atoms with van der Waals surface area (Å²) in [7, 11) is 0. The molecule has 0 aliphatic carbocycles. The molecule has 2 nitrogen and oxygen atoms in total. The van der Waals surface area contributed by atoms with E-state index in [1.807, 2.05) is 0 Å². The number of rotatable bonds is 3. The van der Waals surface area contributed by atoms with Crippen molar-refractivity contribution < 1.29 is 9.90 Å². The van der Waals surface area contributed by atoms with E-state index in [9.17, 15) is 4.79 Å². The number of aliphatic carboxylic acids is 1. The molecule has 2 rings (SSSR count). The van der Waals surface area contributed by atoms with E-state index in [-0.39, 0.29) is 5.92 Å². The molecule has 1 N–H and O–H groups in total. The summed E-state index contributed by atoms with van der Waals surface area (Å²) in [5.74, 6) is -0.972. The van der Waals surface area contributed by atoms with E-state index in [0.29, 0.717) is 0 Å². The summed E-state index contributed by atoms with van der Waals surface area (Å²) in [5, 5.41) is 7.99. The number of carbonyl (C=O) groups is 1. The van der Waals surface area contributed by atoms with Crippen molar-refractivity contribution in [2.45, 2.75) is 13.8 Å². The average molecular weight is 451 g/mol. The van der Waals surface area contributed by atoms with Gasteiger partial charge in [0.25, 0.3) is 0 Å². The maximum atomic E-state index is 9.70. The van der Waals surface area contributed by atoms with Crippen LogP contribution in [0.5, 0.6) is 0 Å². The fraction of sp³-hybridized carbons (Fsp3) is 0.188. The Kier molecular flexibility index (Phi) is 7.36. The first-order valence-corrected chi connectivity index (χ1v) is 9.62. The van der Waals surface area contributed by atoms with Crippen LogP contribution in [0.15, 0.2) is 60.7 Å². The van der Waals surface area contributed by atoms with Gasteiger partial charge in [-0.25, -0.2) is 0 Å². The zero-order chi connectivity index (χ0) is 14.1. The van der Waals surface area contributed by atoms with Gasteiger partial charge in [-0.15, -0.1) is 0 Å². The Balaban J connectivity index is 0.000000258. The van der Waals surface area contributed by atoms with E-state index < -0.39 is 29.2 Å². The molecule has 2 aromatic rings. The molecule has 0 atom stereocenters. The second-order valence-electron chi connectivity index (χ2n) is 4.28. The summed E-state index contributed by atoms with van der Waals surface area (Å²) in [6.45, 7) is 3.28. The zero-order valence-corrected chi connectivity index (χ0v) is 14.6. The van der Waals surface area contributed by atoms with Gasteiger partial charge in [-0.3, -0.25) is 4.79 Å². The number of carboxylic acid groups (broad SMARTS) is 1. The van der Waals surface area contributed by atoms with Gasteiger partial charge in [0.2, 0.25) is 0 Å². The van der Waals surface area contributed by atoms with Gasteiger partial charge in [0.15, 0.2) is 0 Å². The standard InChI is InChI=1S/2C6H5.C4H8O2.Bi/c2*1-2-4-6-5-3-1;1-3(2)4(5)6;/h2*1-5H;3H,1-2H3,(H,5,6);. The molecule has 3 heteroatoms. The van der Waals surface area contributed by atoms with Crippen LogP contribution in [0.4, 0.5) is 0 Å². The van der Waals surface area contributed by atoms with E-state index in [2.05, 4.69) is 60.7 Å². The molecule has 99 valence electrons. The first-order chi connectivity index (χ1) is 9.09. The van der Waals surface area contributed by atoms with E-state index in [1.165, 1.54) is 0 Å². The Morgan fingerprint density at radius 2 is 1.21 bits per heavy atom. The summed E-state index contributed by atoms with van der Waals surface area (Å²) in [5.41, 5.74) is 0. The maximum absolute atomic E-state index is 9.70. The van der Waals surface area contributed by atoms with E-state index in [4.69, 9.17) is 5.11 Å². The van der Waals surface area contributed by atoms with Crippen molar-refractivity contribution in [2.75, 3.05) is 0 Å². The number of benzene rings is 2. The fourth-order valence-corrected chi connectivity index (χ4v) is 4.81.